The van der Waals surface area contributed by atoms with Crippen molar-refractivity contribution in [3.05, 3.63) is 0 Å². The molecule has 0 unspecified atom stereocenters. The smallest absolute Gasteiger partial charge is 0.135 e. The average Bonchev–Trinajstić information content (AvgIpc) is 1.77. The topological polar surface area (TPSA) is 39.7 Å². The summed E-state index contributed by atoms with van der Waals surface area (Å²) in [6.45, 7) is 2.65. The molecule has 0 bridgehead atoms. The molecule has 0 aromatic carbocycles. The van der Waals surface area contributed by atoms with E-state index < -0.39 is 0 Å². The Hall–Kier alpha value is -0.770. The second-order valence-electron chi connectivity index (χ2n) is 1.71. The Morgan fingerprint density at radius 3 is 2.88 bits per heavy atom. The van der Waals surface area contributed by atoms with Crippen LogP contribution in [0.4, 0.5) is 0 Å². The summed E-state index contributed by atoms with van der Waals surface area (Å²) < 4.78 is 0. The molecule has 1 aliphatic rings. The van der Waals surface area contributed by atoms with E-state index in [-0.39, 0.29) is 0 Å². The molecule has 0 spiro atoms. The van der Waals surface area contributed by atoms with Crippen molar-refractivity contribution in [3.63, 3.8) is 0 Å². The maximum Gasteiger partial charge on any atom is 0.135 e. The molecule has 0 saturated carbocycles. The van der Waals surface area contributed by atoms with E-state index in [0.29, 0.717) is 6.67 Å². The normalized spacial score (nSPS) is 19.8. The maximum absolute atomic E-state index is 3.94. The lowest BCUT2D eigenvalue weighted by Crippen LogP contribution is -2.47. The highest BCUT2D eigenvalue weighted by atomic mass is 15.6. The van der Waals surface area contributed by atoms with Gasteiger partial charge in [0.15, 0.2) is 0 Å². The quantitative estimate of drug-likeness (QED) is 0.438. The third kappa shape index (κ3) is 0.894. The first-order valence-electron chi connectivity index (χ1n) is 2.55. The van der Waals surface area contributed by atoms with Crippen molar-refractivity contribution in [1.82, 2.24) is 15.9 Å². The van der Waals surface area contributed by atoms with Gasteiger partial charge in [-0.15, -0.1) is 0 Å². The van der Waals surface area contributed by atoms with Gasteiger partial charge in [-0.3, -0.25) is 10.4 Å². The first-order chi connectivity index (χ1) is 3.80. The summed E-state index contributed by atoms with van der Waals surface area (Å²) in [6.07, 6.45) is 0. The molecule has 0 aromatic heterocycles. The van der Waals surface area contributed by atoms with Gasteiger partial charge < -0.3 is 0 Å². The minimum atomic E-state index is 0.716. The van der Waals surface area contributed by atoms with Gasteiger partial charge >= 0.3 is 0 Å². The largest absolute Gasteiger partial charge is 0.296 e. The van der Waals surface area contributed by atoms with E-state index in [4.69, 9.17) is 0 Å². The fourth-order valence-corrected chi connectivity index (χ4v) is 0.497. The van der Waals surface area contributed by atoms with Crippen LogP contribution in [0, 0.1) is 0 Å². The summed E-state index contributed by atoms with van der Waals surface area (Å²) in [6, 6.07) is 0. The number of hydrazone groups is 1. The number of nitrogens with zero attached hydrogens (tertiary/aromatic N) is 2. The molecule has 0 radical (unpaired) electrons. The Balaban J connectivity index is 2.53. The van der Waals surface area contributed by atoms with Gasteiger partial charge in [0.25, 0.3) is 0 Å². The summed E-state index contributed by atoms with van der Waals surface area (Å²) in [5, 5.41) is 5.81. The Morgan fingerprint density at radius 2 is 2.50 bits per heavy atom. The van der Waals surface area contributed by atoms with Crippen LogP contribution in [0.25, 0.3) is 0 Å². The first-order valence-corrected chi connectivity index (χ1v) is 2.55. The molecule has 0 saturated heterocycles. The van der Waals surface area contributed by atoms with Gasteiger partial charge in [0, 0.05) is 7.05 Å². The molecule has 8 heavy (non-hydrogen) atoms. The number of hydrogen-bond donors (Lipinski definition) is 2. The predicted octanol–water partition coefficient (Wildman–Crippen LogP) is -0.683. The van der Waals surface area contributed by atoms with Crippen molar-refractivity contribution >= 4 is 5.84 Å². The predicted molar refractivity (Wildman–Crippen MR) is 32.0 cm³/mol. The lowest BCUT2D eigenvalue weighted by molar-refractivity contribution is 0.320. The minimum Gasteiger partial charge on any atom is -0.296 e. The van der Waals surface area contributed by atoms with Crippen molar-refractivity contribution in [2.75, 3.05) is 13.7 Å². The Labute approximate surface area is 48.5 Å². The SMILES string of the molecule is CC1=NNCNN1C. The van der Waals surface area contributed by atoms with E-state index in [0.717, 1.165) is 5.84 Å². The van der Waals surface area contributed by atoms with E-state index in [1.54, 1.807) is 0 Å². The van der Waals surface area contributed by atoms with Crippen LogP contribution in [0.1, 0.15) is 6.92 Å². The molecule has 4 nitrogen and oxygen atoms in total. The minimum absolute atomic E-state index is 0.716. The summed E-state index contributed by atoms with van der Waals surface area (Å²) in [5.41, 5.74) is 5.82. The molecule has 1 rings (SSSR count). The Morgan fingerprint density at radius 1 is 1.75 bits per heavy atom. The molecule has 1 aliphatic heterocycles. The van der Waals surface area contributed by atoms with Crippen LogP contribution in [0.15, 0.2) is 5.10 Å². The second-order valence-corrected chi connectivity index (χ2v) is 1.71. The Bertz CT molecular complexity index is 109. The highest BCUT2D eigenvalue weighted by Crippen LogP contribution is 1.82. The lowest BCUT2D eigenvalue weighted by Gasteiger charge is -2.23. The number of hydrazine groups is 1. The van der Waals surface area contributed by atoms with Gasteiger partial charge in [0.1, 0.15) is 5.84 Å². The molecule has 0 atom stereocenters. The van der Waals surface area contributed by atoms with E-state index in [9.17, 15) is 0 Å². The van der Waals surface area contributed by atoms with E-state index >= 15 is 0 Å². The van der Waals surface area contributed by atoms with Gasteiger partial charge in [-0.25, -0.2) is 5.43 Å². The molecule has 4 heteroatoms. The summed E-state index contributed by atoms with van der Waals surface area (Å²) >= 11 is 0. The molecule has 0 amide bonds. The maximum atomic E-state index is 3.94. The van der Waals surface area contributed by atoms with Gasteiger partial charge in [0.2, 0.25) is 0 Å². The van der Waals surface area contributed by atoms with Crippen LogP contribution in [0.2, 0.25) is 0 Å². The van der Waals surface area contributed by atoms with Crippen molar-refractivity contribution in [2.45, 2.75) is 6.92 Å². The number of nitrogens with one attached hydrogen (secondary N) is 2. The zero-order chi connectivity index (χ0) is 5.98. The third-order valence-corrected chi connectivity index (χ3v) is 1.12. The summed E-state index contributed by atoms with van der Waals surface area (Å²) in [7, 11) is 1.93. The number of rotatable bonds is 0. The molecule has 46 valence electrons. The van der Waals surface area contributed by atoms with Crippen LogP contribution in [-0.4, -0.2) is 24.6 Å². The van der Waals surface area contributed by atoms with Crippen molar-refractivity contribution in [1.29, 1.82) is 0 Å². The van der Waals surface area contributed by atoms with Crippen LogP contribution >= 0.6 is 0 Å². The monoisotopic (exact) mass is 114 g/mol. The van der Waals surface area contributed by atoms with Crippen molar-refractivity contribution in [3.8, 4) is 0 Å². The molecule has 1 heterocycles. The van der Waals surface area contributed by atoms with Crippen LogP contribution in [0.5, 0.6) is 0 Å². The number of amidine groups is 1. The second kappa shape index (κ2) is 2.00. The zero-order valence-corrected chi connectivity index (χ0v) is 5.10. The van der Waals surface area contributed by atoms with Crippen LogP contribution < -0.4 is 10.9 Å². The van der Waals surface area contributed by atoms with E-state index in [1.807, 2.05) is 19.0 Å². The van der Waals surface area contributed by atoms with Crippen molar-refractivity contribution < 1.29 is 0 Å². The number of hydrogen-bond acceptors (Lipinski definition) is 4. The molecule has 0 fully saturated rings. The summed E-state index contributed by atoms with van der Waals surface area (Å²) in [5.74, 6) is 0.955. The zero-order valence-electron chi connectivity index (χ0n) is 5.10. The fraction of sp³-hybridized carbons (Fsp3) is 0.750. The van der Waals surface area contributed by atoms with Gasteiger partial charge in [-0.2, -0.15) is 5.10 Å². The Kier molecular flexibility index (Phi) is 1.34. The fourth-order valence-electron chi connectivity index (χ4n) is 0.497. The average molecular weight is 114 g/mol. The van der Waals surface area contributed by atoms with Gasteiger partial charge in [0.05, 0.1) is 6.67 Å². The highest BCUT2D eigenvalue weighted by Gasteiger charge is 2.01. The van der Waals surface area contributed by atoms with Crippen LogP contribution in [0.3, 0.4) is 0 Å². The standard InChI is InChI=1S/C4H10N4/c1-4-7-5-3-6-8(4)2/h5-6H,3H2,1-2H3. The summed E-state index contributed by atoms with van der Waals surface area (Å²) in [4.78, 5) is 0. The first kappa shape index (κ1) is 5.37. The van der Waals surface area contributed by atoms with E-state index in [1.165, 1.54) is 0 Å². The highest BCUT2D eigenvalue weighted by molar-refractivity contribution is 5.78. The lowest BCUT2D eigenvalue weighted by atomic mass is 10.6. The molecular weight excluding hydrogens is 104 g/mol. The molecule has 0 aromatic rings. The molecule has 2 N–H and O–H groups in total. The third-order valence-electron chi connectivity index (χ3n) is 1.12. The van der Waals surface area contributed by atoms with Crippen molar-refractivity contribution in [2.24, 2.45) is 5.10 Å². The molecular formula is C4H10N4. The van der Waals surface area contributed by atoms with Gasteiger partial charge in [-0.1, -0.05) is 0 Å². The van der Waals surface area contributed by atoms with E-state index in [2.05, 4.69) is 16.0 Å². The van der Waals surface area contributed by atoms with Crippen LogP contribution in [-0.2, 0) is 0 Å². The molecule has 0 aliphatic carbocycles. The van der Waals surface area contributed by atoms with Gasteiger partial charge in [-0.05, 0) is 6.92 Å².